The number of aryl methyl sites for hydroxylation is 1. The first-order valence-electron chi connectivity index (χ1n) is 12.9. The van der Waals surface area contributed by atoms with Gasteiger partial charge in [0.05, 0.1) is 23.2 Å². The first kappa shape index (κ1) is 27.2. The fourth-order valence-electron chi connectivity index (χ4n) is 5.60. The Morgan fingerprint density at radius 3 is 2.59 bits per heavy atom. The van der Waals surface area contributed by atoms with Crippen LogP contribution in [0.4, 0.5) is 10.1 Å². The van der Waals surface area contributed by atoms with E-state index in [0.29, 0.717) is 35.0 Å². The Morgan fingerprint density at radius 1 is 1.10 bits per heavy atom. The van der Waals surface area contributed by atoms with Gasteiger partial charge in [0.1, 0.15) is 11.6 Å². The number of nitrogens with two attached hydrogens (primary N) is 1. The number of benzene rings is 3. The number of Topliss-reactive ketones (excluding diaryl/α,β-unsaturated/α-hetero) is 1. The molecule has 0 spiro atoms. The lowest BCUT2D eigenvalue weighted by molar-refractivity contribution is -0.116. The molecule has 1 atom stereocenters. The van der Waals surface area contributed by atoms with Gasteiger partial charge < -0.3 is 5.73 Å². The molecule has 0 saturated carbocycles. The first-order chi connectivity index (χ1) is 18.8. The minimum Gasteiger partial charge on any atom is -0.384 e. The van der Waals surface area contributed by atoms with Gasteiger partial charge in [-0.2, -0.15) is 17.0 Å². The molecule has 1 unspecified atom stereocenters. The van der Waals surface area contributed by atoms with E-state index in [-0.39, 0.29) is 22.9 Å². The molecule has 1 heterocycles. The molecule has 0 amide bonds. The van der Waals surface area contributed by atoms with E-state index in [2.05, 4.69) is 53.2 Å². The number of anilines is 1. The molecule has 0 fully saturated rings. The summed E-state index contributed by atoms with van der Waals surface area (Å²) in [4.78, 5) is 15.1. The Bertz CT molecular complexity index is 1560. The number of hydrogen-bond donors (Lipinski definition) is 1. The maximum atomic E-state index is 15.2. The third-order valence-corrected chi connectivity index (χ3v) is 8.99. The molecule has 2 aliphatic rings. The largest absolute Gasteiger partial charge is 0.384 e. The number of carbonyl (C=O) groups is 1. The molecule has 5 rings (SSSR count). The van der Waals surface area contributed by atoms with Crippen LogP contribution >= 0.6 is 27.7 Å². The number of ketones is 1. The first-order valence-corrected chi connectivity index (χ1v) is 14.9. The van der Waals surface area contributed by atoms with E-state index >= 15 is 4.39 Å². The molecule has 0 bridgehead atoms. The average molecular weight is 603 g/mol. The lowest BCUT2D eigenvalue weighted by atomic mass is 9.73. The van der Waals surface area contributed by atoms with Crippen LogP contribution in [-0.2, 0) is 16.3 Å². The van der Waals surface area contributed by atoms with Crippen LogP contribution in [0.15, 0.2) is 87.8 Å². The monoisotopic (exact) mass is 601 g/mol. The van der Waals surface area contributed by atoms with Crippen molar-refractivity contribution < 1.29 is 9.18 Å². The minimum absolute atomic E-state index is 0.00933. The summed E-state index contributed by atoms with van der Waals surface area (Å²) in [5, 5.41) is 10.4. The Morgan fingerprint density at radius 2 is 1.87 bits per heavy atom. The molecular formula is C32H29BrFN3OS. The molecule has 0 radical (unpaired) electrons. The van der Waals surface area contributed by atoms with E-state index in [1.165, 1.54) is 17.2 Å². The van der Waals surface area contributed by atoms with E-state index in [1.807, 2.05) is 36.9 Å². The molecule has 4 nitrogen and oxygen atoms in total. The van der Waals surface area contributed by atoms with Crippen molar-refractivity contribution in [2.45, 2.75) is 50.5 Å². The second-order valence-corrected chi connectivity index (χ2v) is 11.9. The number of halogens is 2. The molecule has 198 valence electrons. The molecule has 7 heteroatoms. The van der Waals surface area contributed by atoms with Crippen LogP contribution in [0.3, 0.4) is 0 Å². The quantitative estimate of drug-likeness (QED) is 0.310. The van der Waals surface area contributed by atoms with Crippen molar-refractivity contribution in [3.63, 3.8) is 0 Å². The van der Waals surface area contributed by atoms with Crippen LogP contribution in [0.2, 0.25) is 0 Å². The number of nitriles is 1. The van der Waals surface area contributed by atoms with Crippen LogP contribution in [-0.4, -0.2) is 5.78 Å². The maximum Gasteiger partial charge on any atom is 0.161 e. The molecule has 2 N–H and O–H groups in total. The summed E-state index contributed by atoms with van der Waals surface area (Å²) in [5.41, 5.74) is 13.9. The summed E-state index contributed by atoms with van der Waals surface area (Å²) < 4.78 is 15.8. The third-order valence-electron chi connectivity index (χ3n) is 7.44. The summed E-state index contributed by atoms with van der Waals surface area (Å²) in [5.74, 6) is 0.815. The highest BCUT2D eigenvalue weighted by Gasteiger charge is 2.41. The number of thioether (sulfide) groups is 1. The van der Waals surface area contributed by atoms with Crippen molar-refractivity contribution in [1.29, 1.82) is 5.26 Å². The zero-order valence-corrected chi connectivity index (χ0v) is 24.3. The van der Waals surface area contributed by atoms with Gasteiger partial charge in [0, 0.05) is 33.7 Å². The van der Waals surface area contributed by atoms with E-state index in [9.17, 15) is 10.1 Å². The van der Waals surface area contributed by atoms with Crippen molar-refractivity contribution in [1.82, 2.24) is 0 Å². The maximum absolute atomic E-state index is 15.2. The molecule has 39 heavy (non-hydrogen) atoms. The number of carbonyl (C=O) groups excluding carboxylic acids is 1. The Kier molecular flexibility index (Phi) is 7.97. The van der Waals surface area contributed by atoms with Gasteiger partial charge in [-0.25, -0.2) is 4.39 Å². The lowest BCUT2D eigenvalue weighted by Gasteiger charge is -2.40. The van der Waals surface area contributed by atoms with Crippen molar-refractivity contribution in [2.24, 2.45) is 5.73 Å². The second-order valence-electron chi connectivity index (χ2n) is 10.0. The Balaban J connectivity index is 1.60. The van der Waals surface area contributed by atoms with Gasteiger partial charge in [-0.05, 0) is 67.1 Å². The highest BCUT2D eigenvalue weighted by molar-refractivity contribution is 9.10. The van der Waals surface area contributed by atoms with Gasteiger partial charge in [0.15, 0.2) is 5.78 Å². The SMILES string of the molecule is Cc1cc(CSCc2ccccc2)c(C)c(C2C(C#N)=C(N)N(c3ccc(Br)cc3F)C3=C2C(=O)CCC3)c1. The van der Waals surface area contributed by atoms with Gasteiger partial charge >= 0.3 is 0 Å². The molecule has 0 saturated heterocycles. The molecule has 0 aromatic heterocycles. The normalized spacial score (nSPS) is 17.4. The summed E-state index contributed by atoms with van der Waals surface area (Å²) in [6.45, 7) is 4.10. The average Bonchev–Trinajstić information content (AvgIpc) is 2.91. The summed E-state index contributed by atoms with van der Waals surface area (Å²) in [7, 11) is 0. The number of hydrogen-bond acceptors (Lipinski definition) is 5. The number of nitrogens with zero attached hydrogens (tertiary/aromatic N) is 2. The highest BCUT2D eigenvalue weighted by atomic mass is 79.9. The van der Waals surface area contributed by atoms with Crippen LogP contribution in [0.25, 0.3) is 0 Å². The second kappa shape index (κ2) is 11.4. The zero-order valence-electron chi connectivity index (χ0n) is 21.9. The van der Waals surface area contributed by atoms with E-state index in [4.69, 9.17) is 5.73 Å². The van der Waals surface area contributed by atoms with Crippen LogP contribution < -0.4 is 10.6 Å². The molecule has 3 aromatic rings. The van der Waals surface area contributed by atoms with Gasteiger partial charge in [0.25, 0.3) is 0 Å². The molecule has 1 aliphatic heterocycles. The van der Waals surface area contributed by atoms with Gasteiger partial charge in [0.2, 0.25) is 0 Å². The fourth-order valence-corrected chi connectivity index (χ4v) is 6.98. The van der Waals surface area contributed by atoms with Crippen LogP contribution in [0.5, 0.6) is 0 Å². The summed E-state index contributed by atoms with van der Waals surface area (Å²) in [6, 6.07) is 21.6. The van der Waals surface area contributed by atoms with Crippen LogP contribution in [0, 0.1) is 31.0 Å². The fraction of sp³-hybridized carbons (Fsp3) is 0.250. The lowest BCUT2D eigenvalue weighted by Crippen LogP contribution is -2.39. The third kappa shape index (κ3) is 5.28. The molecule has 1 aliphatic carbocycles. The van der Waals surface area contributed by atoms with Crippen molar-refractivity contribution in [3.05, 3.63) is 121 Å². The van der Waals surface area contributed by atoms with E-state index in [0.717, 1.165) is 28.2 Å². The summed E-state index contributed by atoms with van der Waals surface area (Å²) in [6.07, 6.45) is 1.63. The van der Waals surface area contributed by atoms with Crippen LogP contribution in [0.1, 0.15) is 53.0 Å². The minimum atomic E-state index is -0.578. The smallest absolute Gasteiger partial charge is 0.161 e. The Labute approximate surface area is 241 Å². The van der Waals surface area contributed by atoms with E-state index < -0.39 is 11.7 Å². The van der Waals surface area contributed by atoms with Gasteiger partial charge in [-0.15, -0.1) is 0 Å². The van der Waals surface area contributed by atoms with E-state index in [1.54, 1.807) is 17.0 Å². The predicted octanol–water partition coefficient (Wildman–Crippen LogP) is 7.94. The standard InChI is InChI=1S/C32H29BrFN3OS/c1-19-13-22(18-39-17-21-7-4-3-5-8-21)20(2)24(14-19)30-25(16-35)32(36)37(27-12-11-23(33)15-26(27)34)28-9-6-10-29(38)31(28)30/h3-5,7-8,11-15,30H,6,9-10,17-18,36H2,1-2H3. The zero-order chi connectivity index (χ0) is 27.7. The van der Waals surface area contributed by atoms with Gasteiger partial charge in [-0.1, -0.05) is 64.0 Å². The van der Waals surface area contributed by atoms with Crippen molar-refractivity contribution in [3.8, 4) is 6.07 Å². The number of allylic oxidation sites excluding steroid dienone is 3. The van der Waals surface area contributed by atoms with Crippen molar-refractivity contribution >= 4 is 39.2 Å². The van der Waals surface area contributed by atoms with Gasteiger partial charge in [-0.3, -0.25) is 9.69 Å². The predicted molar refractivity (Wildman–Crippen MR) is 159 cm³/mol. The molecular weight excluding hydrogens is 573 g/mol. The van der Waals surface area contributed by atoms with Crippen molar-refractivity contribution in [2.75, 3.05) is 4.90 Å². The summed E-state index contributed by atoms with van der Waals surface area (Å²) >= 11 is 5.14. The number of rotatable bonds is 6. The molecule has 3 aromatic carbocycles. The Hall–Kier alpha value is -3.34. The topological polar surface area (TPSA) is 70.1 Å². The highest BCUT2D eigenvalue weighted by Crippen LogP contribution is 2.48.